The summed E-state index contributed by atoms with van der Waals surface area (Å²) in [7, 11) is 0. The highest BCUT2D eigenvalue weighted by atomic mass is 16.7. The van der Waals surface area contributed by atoms with Crippen molar-refractivity contribution in [3.63, 3.8) is 0 Å². The fraction of sp³-hybridized carbons (Fsp3) is 0.923. The molecule has 4 atom stereocenters. The van der Waals surface area contributed by atoms with Crippen LogP contribution < -0.4 is 0 Å². The third-order valence-electron chi connectivity index (χ3n) is 3.81. The standard InChI is InChI=1S/C13H22O3/c1-8(2)13(15-9(3)14)16-12-7-10-4-5-11(12)6-10/h8,10-13H,4-7H2,1-3H3. The summed E-state index contributed by atoms with van der Waals surface area (Å²) in [5.74, 6) is 1.55. The predicted octanol–water partition coefficient (Wildman–Crippen LogP) is 2.74. The molecule has 2 aliphatic rings. The summed E-state index contributed by atoms with van der Waals surface area (Å²) in [6, 6.07) is 0. The molecular weight excluding hydrogens is 204 g/mol. The van der Waals surface area contributed by atoms with Gasteiger partial charge in [-0.2, -0.15) is 0 Å². The normalized spacial score (nSPS) is 34.4. The Bertz CT molecular complexity index is 262. The van der Waals surface area contributed by atoms with E-state index in [1.54, 1.807) is 0 Å². The zero-order valence-electron chi connectivity index (χ0n) is 10.4. The fourth-order valence-electron chi connectivity index (χ4n) is 3.01. The lowest BCUT2D eigenvalue weighted by atomic mass is 9.97. The zero-order chi connectivity index (χ0) is 11.7. The molecule has 3 heteroatoms. The maximum Gasteiger partial charge on any atom is 0.304 e. The summed E-state index contributed by atoms with van der Waals surface area (Å²) < 4.78 is 11.2. The second kappa shape index (κ2) is 4.74. The summed E-state index contributed by atoms with van der Waals surface area (Å²) in [5.41, 5.74) is 0. The molecule has 0 aromatic carbocycles. The molecule has 2 saturated carbocycles. The monoisotopic (exact) mass is 226 g/mol. The van der Waals surface area contributed by atoms with Crippen LogP contribution in [0, 0.1) is 17.8 Å². The van der Waals surface area contributed by atoms with Gasteiger partial charge in [-0.25, -0.2) is 0 Å². The molecule has 0 aliphatic heterocycles. The Kier molecular flexibility index (Phi) is 3.53. The molecular formula is C13H22O3. The summed E-state index contributed by atoms with van der Waals surface area (Å²) in [6.45, 7) is 5.50. The Morgan fingerprint density at radius 1 is 1.25 bits per heavy atom. The van der Waals surface area contributed by atoms with Crippen LogP contribution in [-0.4, -0.2) is 18.4 Å². The SMILES string of the molecule is CC(=O)OC(OC1CC2CCC1C2)C(C)C. The van der Waals surface area contributed by atoms with Crippen molar-refractivity contribution >= 4 is 5.97 Å². The predicted molar refractivity (Wildman–Crippen MR) is 60.7 cm³/mol. The van der Waals surface area contributed by atoms with Crippen molar-refractivity contribution in [1.29, 1.82) is 0 Å². The van der Waals surface area contributed by atoms with Crippen LogP contribution in [0.1, 0.15) is 46.5 Å². The molecule has 0 saturated heterocycles. The van der Waals surface area contributed by atoms with Crippen LogP contribution in [0.4, 0.5) is 0 Å². The van der Waals surface area contributed by atoms with Crippen LogP contribution in [-0.2, 0) is 14.3 Å². The van der Waals surface area contributed by atoms with Gasteiger partial charge in [-0.3, -0.25) is 4.79 Å². The number of fused-ring (bicyclic) bond motifs is 2. The molecule has 2 aliphatic carbocycles. The van der Waals surface area contributed by atoms with Crippen LogP contribution in [0.2, 0.25) is 0 Å². The Morgan fingerprint density at radius 2 is 2.00 bits per heavy atom. The number of ether oxygens (including phenoxy) is 2. The molecule has 0 radical (unpaired) electrons. The van der Waals surface area contributed by atoms with E-state index in [1.807, 2.05) is 13.8 Å². The average molecular weight is 226 g/mol. The third-order valence-corrected chi connectivity index (χ3v) is 3.81. The van der Waals surface area contributed by atoms with Crippen molar-refractivity contribution < 1.29 is 14.3 Å². The van der Waals surface area contributed by atoms with Gasteiger partial charge in [0.15, 0.2) is 0 Å². The van der Waals surface area contributed by atoms with Gasteiger partial charge in [-0.05, 0) is 37.5 Å². The minimum Gasteiger partial charge on any atom is -0.436 e. The first-order valence-corrected chi connectivity index (χ1v) is 6.39. The van der Waals surface area contributed by atoms with Crippen LogP contribution in [0.3, 0.4) is 0 Å². The Balaban J connectivity index is 1.88. The van der Waals surface area contributed by atoms with E-state index < -0.39 is 0 Å². The van der Waals surface area contributed by atoms with Gasteiger partial charge >= 0.3 is 5.97 Å². The minimum absolute atomic E-state index is 0.225. The van der Waals surface area contributed by atoms with E-state index in [4.69, 9.17) is 9.47 Å². The van der Waals surface area contributed by atoms with Gasteiger partial charge in [0.05, 0.1) is 6.10 Å². The molecule has 0 N–H and O–H groups in total. The summed E-state index contributed by atoms with van der Waals surface area (Å²) in [5, 5.41) is 0. The molecule has 2 rings (SSSR count). The number of hydrogen-bond donors (Lipinski definition) is 0. The lowest BCUT2D eigenvalue weighted by Gasteiger charge is -2.29. The van der Waals surface area contributed by atoms with E-state index in [0.717, 1.165) is 12.3 Å². The van der Waals surface area contributed by atoms with Crippen molar-refractivity contribution in [2.45, 2.75) is 58.8 Å². The first-order chi connectivity index (χ1) is 7.56. The summed E-state index contributed by atoms with van der Waals surface area (Å²) in [4.78, 5) is 11.0. The zero-order valence-corrected chi connectivity index (χ0v) is 10.4. The highest BCUT2D eigenvalue weighted by Gasteiger charge is 2.41. The number of carbonyl (C=O) groups is 1. The Morgan fingerprint density at radius 3 is 2.44 bits per heavy atom. The van der Waals surface area contributed by atoms with Gasteiger partial charge in [-0.1, -0.05) is 13.8 Å². The van der Waals surface area contributed by atoms with Gasteiger partial charge in [0, 0.05) is 12.8 Å². The van der Waals surface area contributed by atoms with Crippen molar-refractivity contribution in [3.05, 3.63) is 0 Å². The number of hydrogen-bond acceptors (Lipinski definition) is 3. The second-order valence-corrected chi connectivity index (χ2v) is 5.57. The smallest absolute Gasteiger partial charge is 0.304 e. The maximum absolute atomic E-state index is 11.0. The van der Waals surface area contributed by atoms with Crippen molar-refractivity contribution in [2.75, 3.05) is 0 Å². The van der Waals surface area contributed by atoms with Gasteiger partial charge < -0.3 is 9.47 Å². The van der Waals surface area contributed by atoms with Gasteiger partial charge in [0.2, 0.25) is 6.29 Å². The van der Waals surface area contributed by atoms with Crippen LogP contribution >= 0.6 is 0 Å². The highest BCUT2D eigenvalue weighted by molar-refractivity contribution is 5.66. The van der Waals surface area contributed by atoms with Crippen LogP contribution in [0.15, 0.2) is 0 Å². The third kappa shape index (κ3) is 2.57. The maximum atomic E-state index is 11.0. The summed E-state index contributed by atoms with van der Waals surface area (Å²) >= 11 is 0. The Hall–Kier alpha value is -0.570. The minimum atomic E-state index is -0.359. The summed E-state index contributed by atoms with van der Waals surface area (Å²) in [6.07, 6.45) is 5.10. The fourth-order valence-corrected chi connectivity index (χ4v) is 3.01. The van der Waals surface area contributed by atoms with Crippen molar-refractivity contribution in [1.82, 2.24) is 0 Å². The van der Waals surface area contributed by atoms with E-state index in [1.165, 1.54) is 26.2 Å². The van der Waals surface area contributed by atoms with Crippen LogP contribution in [0.25, 0.3) is 0 Å². The Labute approximate surface area is 97.5 Å². The molecule has 0 spiro atoms. The lowest BCUT2D eigenvalue weighted by molar-refractivity contribution is -0.205. The molecule has 92 valence electrons. The lowest BCUT2D eigenvalue weighted by Crippen LogP contribution is -2.33. The highest BCUT2D eigenvalue weighted by Crippen LogP contribution is 2.46. The van der Waals surface area contributed by atoms with Gasteiger partial charge in [-0.15, -0.1) is 0 Å². The molecule has 4 unspecified atom stereocenters. The largest absolute Gasteiger partial charge is 0.436 e. The topological polar surface area (TPSA) is 35.5 Å². The van der Waals surface area contributed by atoms with E-state index in [9.17, 15) is 4.79 Å². The van der Waals surface area contributed by atoms with E-state index >= 15 is 0 Å². The molecule has 0 amide bonds. The van der Waals surface area contributed by atoms with Crippen molar-refractivity contribution in [3.8, 4) is 0 Å². The van der Waals surface area contributed by atoms with Crippen molar-refractivity contribution in [2.24, 2.45) is 17.8 Å². The van der Waals surface area contributed by atoms with Crippen LogP contribution in [0.5, 0.6) is 0 Å². The number of carbonyl (C=O) groups excluding carboxylic acids is 1. The van der Waals surface area contributed by atoms with Gasteiger partial charge in [0.1, 0.15) is 0 Å². The quantitative estimate of drug-likeness (QED) is 0.546. The first kappa shape index (κ1) is 11.9. The number of rotatable bonds is 4. The second-order valence-electron chi connectivity index (χ2n) is 5.57. The molecule has 2 bridgehead atoms. The molecule has 0 aromatic heterocycles. The van der Waals surface area contributed by atoms with Gasteiger partial charge in [0.25, 0.3) is 0 Å². The average Bonchev–Trinajstić information content (AvgIpc) is 2.77. The van der Waals surface area contributed by atoms with E-state index in [0.29, 0.717) is 12.0 Å². The molecule has 16 heavy (non-hydrogen) atoms. The van der Waals surface area contributed by atoms with E-state index in [2.05, 4.69) is 0 Å². The first-order valence-electron chi connectivity index (χ1n) is 6.39. The molecule has 0 aromatic rings. The molecule has 3 nitrogen and oxygen atoms in total. The number of esters is 1. The molecule has 0 heterocycles. The van der Waals surface area contributed by atoms with E-state index in [-0.39, 0.29) is 18.2 Å². The molecule has 2 fully saturated rings.